The van der Waals surface area contributed by atoms with Crippen LogP contribution in [0.1, 0.15) is 30.6 Å². The fourth-order valence-corrected chi connectivity index (χ4v) is 4.56. The van der Waals surface area contributed by atoms with Gasteiger partial charge in [-0.25, -0.2) is 0 Å². The molecule has 4 heteroatoms. The highest BCUT2D eigenvalue weighted by atomic mass is 32.1. The Morgan fingerprint density at radius 1 is 1.42 bits per heavy atom. The third-order valence-corrected chi connectivity index (χ3v) is 5.74. The predicted octanol–water partition coefficient (Wildman–Crippen LogP) is 2.20. The molecular weight excluding hydrogens is 258 g/mol. The van der Waals surface area contributed by atoms with E-state index in [1.807, 2.05) is 11.4 Å². The van der Waals surface area contributed by atoms with Gasteiger partial charge in [0.1, 0.15) is 0 Å². The van der Waals surface area contributed by atoms with Gasteiger partial charge in [0, 0.05) is 29.9 Å². The second kappa shape index (κ2) is 5.63. The van der Waals surface area contributed by atoms with Crippen molar-refractivity contribution >= 4 is 17.2 Å². The fraction of sp³-hybridized carbons (Fsp3) is 0.667. The molecule has 19 heavy (non-hydrogen) atoms. The highest BCUT2D eigenvalue weighted by Crippen LogP contribution is 2.48. The lowest BCUT2D eigenvalue weighted by molar-refractivity contribution is -0.122. The van der Waals surface area contributed by atoms with Crippen molar-refractivity contribution in [3.8, 4) is 0 Å². The highest BCUT2D eigenvalue weighted by molar-refractivity contribution is 7.09. The first-order valence-electron chi connectivity index (χ1n) is 7.20. The molecule has 1 amide bonds. The normalized spacial score (nSPS) is 32.7. The predicted molar refractivity (Wildman–Crippen MR) is 76.0 cm³/mol. The van der Waals surface area contributed by atoms with Gasteiger partial charge in [0.2, 0.25) is 5.91 Å². The Bertz CT molecular complexity index is 431. The number of hydrogen-bond donors (Lipinski definition) is 2. The van der Waals surface area contributed by atoms with Gasteiger partial charge in [-0.1, -0.05) is 6.07 Å². The van der Waals surface area contributed by atoms with Gasteiger partial charge in [0.05, 0.1) is 0 Å². The van der Waals surface area contributed by atoms with Crippen LogP contribution in [0.3, 0.4) is 0 Å². The van der Waals surface area contributed by atoms with Crippen molar-refractivity contribution in [2.24, 2.45) is 17.8 Å². The summed E-state index contributed by atoms with van der Waals surface area (Å²) in [5, 5.41) is 14.7. The van der Waals surface area contributed by atoms with Crippen molar-refractivity contribution in [2.75, 3.05) is 6.61 Å². The van der Waals surface area contributed by atoms with Crippen LogP contribution in [0.2, 0.25) is 0 Å². The molecule has 2 N–H and O–H groups in total. The molecule has 1 aromatic rings. The van der Waals surface area contributed by atoms with Crippen LogP contribution in [0.15, 0.2) is 17.5 Å². The van der Waals surface area contributed by atoms with E-state index in [1.54, 1.807) is 11.3 Å². The van der Waals surface area contributed by atoms with Crippen molar-refractivity contribution in [1.82, 2.24) is 5.32 Å². The van der Waals surface area contributed by atoms with E-state index in [1.165, 1.54) is 24.1 Å². The van der Waals surface area contributed by atoms with E-state index in [-0.39, 0.29) is 18.6 Å². The first kappa shape index (κ1) is 13.1. The number of nitrogens with one attached hydrogen (secondary N) is 1. The van der Waals surface area contributed by atoms with Crippen molar-refractivity contribution in [2.45, 2.75) is 38.1 Å². The number of aliphatic hydroxyl groups is 1. The van der Waals surface area contributed by atoms with Gasteiger partial charge in [-0.15, -0.1) is 11.3 Å². The second-order valence-corrected chi connectivity index (χ2v) is 6.88. The van der Waals surface area contributed by atoms with E-state index in [9.17, 15) is 9.90 Å². The number of aliphatic hydroxyl groups excluding tert-OH is 1. The molecule has 104 valence electrons. The van der Waals surface area contributed by atoms with Crippen LogP contribution in [0, 0.1) is 17.8 Å². The summed E-state index contributed by atoms with van der Waals surface area (Å²) >= 11 is 1.70. The lowest BCUT2D eigenvalue weighted by Gasteiger charge is -2.30. The number of fused-ring (bicyclic) bond motifs is 2. The zero-order chi connectivity index (χ0) is 13.2. The molecule has 2 aliphatic rings. The SMILES string of the molecule is O=C(CCc1cccs1)NC1C2CCC(C2)C1CO. The summed E-state index contributed by atoms with van der Waals surface area (Å²) in [5.74, 6) is 1.68. The molecule has 4 atom stereocenters. The van der Waals surface area contributed by atoms with E-state index >= 15 is 0 Å². The summed E-state index contributed by atoms with van der Waals surface area (Å²) in [5.41, 5.74) is 0. The first-order valence-corrected chi connectivity index (χ1v) is 8.08. The minimum Gasteiger partial charge on any atom is -0.396 e. The molecule has 2 aliphatic carbocycles. The zero-order valence-electron chi connectivity index (χ0n) is 11.0. The molecule has 0 saturated heterocycles. The van der Waals surface area contributed by atoms with Gasteiger partial charge >= 0.3 is 0 Å². The highest BCUT2D eigenvalue weighted by Gasteiger charge is 2.47. The van der Waals surface area contributed by atoms with Crippen LogP contribution in [0.25, 0.3) is 0 Å². The average Bonchev–Trinajstić information content (AvgIpc) is 3.13. The van der Waals surface area contributed by atoms with Gasteiger partial charge in [-0.3, -0.25) is 4.79 Å². The monoisotopic (exact) mass is 279 g/mol. The largest absolute Gasteiger partial charge is 0.396 e. The summed E-state index contributed by atoms with van der Waals surface area (Å²) in [6.45, 7) is 0.219. The fourth-order valence-electron chi connectivity index (χ4n) is 3.85. The Hall–Kier alpha value is -0.870. The molecule has 3 rings (SSSR count). The maximum atomic E-state index is 12.0. The molecule has 0 aromatic carbocycles. The number of amides is 1. The molecular formula is C15H21NO2S. The Balaban J connectivity index is 1.51. The lowest BCUT2D eigenvalue weighted by Crippen LogP contribution is -2.45. The van der Waals surface area contributed by atoms with Crippen LogP contribution < -0.4 is 5.32 Å². The van der Waals surface area contributed by atoms with Crippen LogP contribution in [-0.4, -0.2) is 23.7 Å². The number of carbonyl (C=O) groups is 1. The van der Waals surface area contributed by atoms with Gasteiger partial charge in [0.25, 0.3) is 0 Å². The zero-order valence-corrected chi connectivity index (χ0v) is 11.9. The summed E-state index contributed by atoms with van der Waals surface area (Å²) in [6.07, 6.45) is 5.04. The number of thiophene rings is 1. The summed E-state index contributed by atoms with van der Waals surface area (Å²) in [4.78, 5) is 13.3. The Morgan fingerprint density at radius 2 is 2.26 bits per heavy atom. The van der Waals surface area contributed by atoms with Crippen molar-refractivity contribution < 1.29 is 9.90 Å². The maximum Gasteiger partial charge on any atom is 0.220 e. The van der Waals surface area contributed by atoms with Gasteiger partial charge in [-0.05, 0) is 49.0 Å². The number of rotatable bonds is 5. The Labute approximate surface area is 118 Å². The molecule has 3 nitrogen and oxygen atoms in total. The van der Waals surface area contributed by atoms with Gasteiger partial charge in [0.15, 0.2) is 0 Å². The van der Waals surface area contributed by atoms with E-state index < -0.39 is 0 Å². The smallest absolute Gasteiger partial charge is 0.220 e. The standard InChI is InChI=1S/C15H21NO2S/c17-9-13-10-3-4-11(8-10)15(13)16-14(18)6-5-12-2-1-7-19-12/h1-2,7,10-11,13,15,17H,3-6,8-9H2,(H,16,18). The summed E-state index contributed by atoms with van der Waals surface area (Å²) in [6, 6.07) is 4.32. The molecule has 1 heterocycles. The average molecular weight is 279 g/mol. The third kappa shape index (κ3) is 2.70. The van der Waals surface area contributed by atoms with Crippen molar-refractivity contribution in [3.63, 3.8) is 0 Å². The molecule has 0 radical (unpaired) electrons. The van der Waals surface area contributed by atoms with Crippen LogP contribution in [-0.2, 0) is 11.2 Å². The molecule has 0 aliphatic heterocycles. The molecule has 2 saturated carbocycles. The summed E-state index contributed by atoms with van der Waals surface area (Å²) < 4.78 is 0. The van der Waals surface area contributed by atoms with E-state index in [0.29, 0.717) is 24.2 Å². The minimum atomic E-state index is 0.143. The number of aryl methyl sites for hydroxylation is 1. The third-order valence-electron chi connectivity index (χ3n) is 4.81. The Morgan fingerprint density at radius 3 is 3.00 bits per heavy atom. The molecule has 4 unspecified atom stereocenters. The van der Waals surface area contributed by atoms with E-state index in [2.05, 4.69) is 11.4 Å². The Kier molecular flexibility index (Phi) is 3.89. The molecule has 0 spiro atoms. The first-order chi connectivity index (χ1) is 9.28. The van der Waals surface area contributed by atoms with Crippen LogP contribution >= 0.6 is 11.3 Å². The van der Waals surface area contributed by atoms with Crippen LogP contribution in [0.5, 0.6) is 0 Å². The molecule has 2 bridgehead atoms. The van der Waals surface area contributed by atoms with Gasteiger partial charge in [-0.2, -0.15) is 0 Å². The van der Waals surface area contributed by atoms with Crippen molar-refractivity contribution in [1.29, 1.82) is 0 Å². The van der Waals surface area contributed by atoms with Gasteiger partial charge < -0.3 is 10.4 Å². The molecule has 2 fully saturated rings. The van der Waals surface area contributed by atoms with E-state index in [4.69, 9.17) is 0 Å². The topological polar surface area (TPSA) is 49.3 Å². The minimum absolute atomic E-state index is 0.143. The molecule has 1 aromatic heterocycles. The van der Waals surface area contributed by atoms with Crippen molar-refractivity contribution in [3.05, 3.63) is 22.4 Å². The quantitative estimate of drug-likeness (QED) is 0.868. The van der Waals surface area contributed by atoms with Crippen LogP contribution in [0.4, 0.5) is 0 Å². The number of carbonyl (C=O) groups excluding carboxylic acids is 1. The second-order valence-electron chi connectivity index (χ2n) is 5.85. The lowest BCUT2D eigenvalue weighted by atomic mass is 9.85. The maximum absolute atomic E-state index is 12.0. The summed E-state index contributed by atoms with van der Waals surface area (Å²) in [7, 11) is 0. The van der Waals surface area contributed by atoms with E-state index in [0.717, 1.165) is 6.42 Å². The number of hydrogen-bond acceptors (Lipinski definition) is 3.